The fourth-order valence-corrected chi connectivity index (χ4v) is 5.09. The second kappa shape index (κ2) is 8.28. The molecule has 3 N–H and O–H groups in total. The number of H-pyrrole nitrogens is 2. The van der Waals surface area contributed by atoms with Gasteiger partial charge in [0.15, 0.2) is 5.82 Å². The maximum absolute atomic E-state index is 15.1. The summed E-state index contributed by atoms with van der Waals surface area (Å²) >= 11 is 1.68. The molecule has 0 atom stereocenters. The van der Waals surface area contributed by atoms with Gasteiger partial charge in [0.2, 0.25) is 0 Å². The van der Waals surface area contributed by atoms with Gasteiger partial charge in [0, 0.05) is 52.1 Å². The summed E-state index contributed by atoms with van der Waals surface area (Å²) in [6, 6.07) is 11.4. The molecule has 0 spiro atoms. The van der Waals surface area contributed by atoms with Gasteiger partial charge in [-0.15, -0.1) is 11.3 Å². The number of fused-ring (bicyclic) bond motifs is 2. The summed E-state index contributed by atoms with van der Waals surface area (Å²) < 4.78 is 15.1. The SMILES string of the molecule is Cc1ccc(-c2nccc3[nH]c(-c4n[nH]c5cc(F)c(-c6cncc(NC(C)C)c6)cc45)nc23)s1. The van der Waals surface area contributed by atoms with Crippen LogP contribution in [-0.4, -0.2) is 36.2 Å². The molecule has 0 aliphatic heterocycles. The molecule has 0 saturated carbocycles. The van der Waals surface area contributed by atoms with Crippen molar-refractivity contribution in [3.63, 3.8) is 0 Å². The molecular formula is C26H22FN7S. The minimum absolute atomic E-state index is 0.241. The quantitative estimate of drug-likeness (QED) is 0.258. The van der Waals surface area contributed by atoms with E-state index in [2.05, 4.69) is 49.5 Å². The van der Waals surface area contributed by atoms with Gasteiger partial charge < -0.3 is 10.3 Å². The van der Waals surface area contributed by atoms with Crippen LogP contribution in [0.3, 0.4) is 0 Å². The van der Waals surface area contributed by atoms with E-state index in [4.69, 9.17) is 4.98 Å². The smallest absolute Gasteiger partial charge is 0.159 e. The number of rotatable bonds is 5. The minimum atomic E-state index is -0.347. The maximum atomic E-state index is 15.1. The number of aryl methyl sites for hydroxylation is 1. The average molecular weight is 484 g/mol. The number of hydrogen-bond donors (Lipinski definition) is 3. The lowest BCUT2D eigenvalue weighted by atomic mass is 10.0. The number of aromatic nitrogens is 6. The molecular weight excluding hydrogens is 461 g/mol. The Morgan fingerprint density at radius 2 is 1.91 bits per heavy atom. The van der Waals surface area contributed by atoms with Crippen molar-refractivity contribution in [1.29, 1.82) is 0 Å². The largest absolute Gasteiger partial charge is 0.382 e. The van der Waals surface area contributed by atoms with Crippen LogP contribution in [0.2, 0.25) is 0 Å². The number of halogens is 1. The molecule has 6 rings (SSSR count). The van der Waals surface area contributed by atoms with E-state index in [0.29, 0.717) is 28.2 Å². The van der Waals surface area contributed by atoms with Crippen molar-refractivity contribution < 1.29 is 4.39 Å². The highest BCUT2D eigenvalue weighted by Crippen LogP contribution is 2.35. The van der Waals surface area contributed by atoms with Crippen LogP contribution in [0.25, 0.3) is 55.2 Å². The van der Waals surface area contributed by atoms with Crippen molar-refractivity contribution in [3.8, 4) is 33.2 Å². The van der Waals surface area contributed by atoms with Crippen LogP contribution in [0.4, 0.5) is 10.1 Å². The number of nitrogens with zero attached hydrogens (tertiary/aromatic N) is 4. The fourth-order valence-electron chi connectivity index (χ4n) is 4.23. The lowest BCUT2D eigenvalue weighted by Crippen LogP contribution is -2.09. The van der Waals surface area contributed by atoms with Gasteiger partial charge in [-0.2, -0.15) is 5.10 Å². The Morgan fingerprint density at radius 1 is 1.03 bits per heavy atom. The third kappa shape index (κ3) is 3.83. The number of imidazole rings is 1. The molecule has 0 amide bonds. The van der Waals surface area contributed by atoms with Crippen LogP contribution in [-0.2, 0) is 0 Å². The van der Waals surface area contributed by atoms with Crippen molar-refractivity contribution in [1.82, 2.24) is 30.1 Å². The molecule has 0 unspecified atom stereocenters. The summed E-state index contributed by atoms with van der Waals surface area (Å²) in [6.07, 6.45) is 5.17. The molecule has 6 aromatic rings. The van der Waals surface area contributed by atoms with Crippen LogP contribution in [0.5, 0.6) is 0 Å². The summed E-state index contributed by atoms with van der Waals surface area (Å²) in [5, 5.41) is 11.5. The van der Waals surface area contributed by atoms with Gasteiger partial charge in [-0.25, -0.2) is 9.37 Å². The normalized spacial score (nSPS) is 11.7. The molecule has 0 bridgehead atoms. The molecule has 0 fully saturated rings. The Morgan fingerprint density at radius 3 is 2.71 bits per heavy atom. The predicted molar refractivity (Wildman–Crippen MR) is 139 cm³/mol. The molecule has 1 aromatic carbocycles. The van der Waals surface area contributed by atoms with Crippen LogP contribution < -0.4 is 5.32 Å². The van der Waals surface area contributed by atoms with Crippen LogP contribution in [0, 0.1) is 12.7 Å². The Bertz CT molecular complexity index is 1700. The number of nitrogens with one attached hydrogen (secondary N) is 3. The Balaban J connectivity index is 1.48. The van der Waals surface area contributed by atoms with Gasteiger partial charge in [-0.05, 0) is 51.1 Å². The number of benzene rings is 1. The maximum Gasteiger partial charge on any atom is 0.159 e. The number of anilines is 1. The van der Waals surface area contributed by atoms with Gasteiger partial charge in [-0.1, -0.05) is 0 Å². The molecule has 5 aromatic heterocycles. The number of pyridine rings is 2. The summed E-state index contributed by atoms with van der Waals surface area (Å²) in [7, 11) is 0. The third-order valence-corrected chi connectivity index (χ3v) is 6.76. The first-order valence-corrected chi connectivity index (χ1v) is 12.1. The van der Waals surface area contributed by atoms with E-state index in [1.807, 2.05) is 26.0 Å². The summed E-state index contributed by atoms with van der Waals surface area (Å²) in [6.45, 7) is 6.16. The summed E-state index contributed by atoms with van der Waals surface area (Å²) in [5.41, 5.74) is 5.67. The highest BCUT2D eigenvalue weighted by Gasteiger charge is 2.19. The van der Waals surface area contributed by atoms with Crippen molar-refractivity contribution in [2.75, 3.05) is 5.32 Å². The van der Waals surface area contributed by atoms with E-state index in [-0.39, 0.29) is 11.9 Å². The van der Waals surface area contributed by atoms with Crippen molar-refractivity contribution in [2.24, 2.45) is 0 Å². The number of thiophene rings is 1. The lowest BCUT2D eigenvalue weighted by Gasteiger charge is -2.11. The van der Waals surface area contributed by atoms with Crippen molar-refractivity contribution in [3.05, 3.63) is 65.7 Å². The monoisotopic (exact) mass is 483 g/mol. The zero-order chi connectivity index (χ0) is 24.1. The van der Waals surface area contributed by atoms with Crippen LogP contribution >= 0.6 is 11.3 Å². The fraction of sp³-hybridized carbons (Fsp3) is 0.154. The van der Waals surface area contributed by atoms with Gasteiger partial charge in [0.05, 0.1) is 21.6 Å². The molecule has 174 valence electrons. The van der Waals surface area contributed by atoms with E-state index < -0.39 is 0 Å². The van der Waals surface area contributed by atoms with E-state index in [1.54, 1.807) is 36.0 Å². The second-order valence-electron chi connectivity index (χ2n) is 8.76. The first kappa shape index (κ1) is 21.4. The number of hydrogen-bond acceptors (Lipinski definition) is 6. The minimum Gasteiger partial charge on any atom is -0.382 e. The highest BCUT2D eigenvalue weighted by molar-refractivity contribution is 7.15. The molecule has 35 heavy (non-hydrogen) atoms. The Labute approximate surface area is 204 Å². The molecule has 9 heteroatoms. The first-order chi connectivity index (χ1) is 17.0. The standard InChI is InChI=1S/C26H22FN7S/c1-13(2)30-16-8-15(11-28-12-16)17-9-18-21(10-19(17)27)33-34-23(18)26-31-20-6-7-29-25(24(20)32-26)22-5-4-14(3)35-22/h4-13,30H,1-3H3,(H,31,32)(H,33,34). The predicted octanol–water partition coefficient (Wildman–Crippen LogP) is 6.56. The third-order valence-electron chi connectivity index (χ3n) is 5.75. The van der Waals surface area contributed by atoms with Crippen molar-refractivity contribution in [2.45, 2.75) is 26.8 Å². The average Bonchev–Trinajstić information content (AvgIpc) is 3.55. The second-order valence-corrected chi connectivity index (χ2v) is 10.1. The molecule has 0 radical (unpaired) electrons. The lowest BCUT2D eigenvalue weighted by molar-refractivity contribution is 0.632. The summed E-state index contributed by atoms with van der Waals surface area (Å²) in [4.78, 5) is 19.4. The van der Waals surface area contributed by atoms with Gasteiger partial charge in [0.25, 0.3) is 0 Å². The van der Waals surface area contributed by atoms with Gasteiger partial charge >= 0.3 is 0 Å². The zero-order valence-corrected chi connectivity index (χ0v) is 20.2. The van der Waals surface area contributed by atoms with E-state index >= 15 is 4.39 Å². The zero-order valence-electron chi connectivity index (χ0n) is 19.3. The molecule has 7 nitrogen and oxygen atoms in total. The van der Waals surface area contributed by atoms with Gasteiger partial charge in [0.1, 0.15) is 22.7 Å². The highest BCUT2D eigenvalue weighted by atomic mass is 32.1. The van der Waals surface area contributed by atoms with Gasteiger partial charge in [-0.3, -0.25) is 15.1 Å². The van der Waals surface area contributed by atoms with E-state index in [0.717, 1.165) is 32.7 Å². The molecule has 0 aliphatic rings. The van der Waals surface area contributed by atoms with Crippen LogP contribution in [0.15, 0.2) is 55.0 Å². The van der Waals surface area contributed by atoms with Crippen LogP contribution in [0.1, 0.15) is 18.7 Å². The Kier molecular flexibility index (Phi) is 5.07. The topological polar surface area (TPSA) is 95.2 Å². The number of aromatic amines is 2. The summed E-state index contributed by atoms with van der Waals surface area (Å²) in [5.74, 6) is 0.250. The van der Waals surface area contributed by atoms with E-state index in [1.165, 1.54) is 10.9 Å². The molecule has 0 saturated heterocycles. The van der Waals surface area contributed by atoms with Crippen molar-refractivity contribution >= 4 is 39.0 Å². The first-order valence-electron chi connectivity index (χ1n) is 11.3. The molecule has 0 aliphatic carbocycles. The Hall–Kier alpha value is -4.11. The molecule has 5 heterocycles. The van der Waals surface area contributed by atoms with E-state index in [9.17, 15) is 0 Å².